The molecule has 0 aliphatic heterocycles. The topological polar surface area (TPSA) is 81.1 Å². The second-order valence-electron chi connectivity index (χ2n) is 7.29. The van der Waals surface area contributed by atoms with Crippen molar-refractivity contribution in [2.75, 3.05) is 12.4 Å². The Morgan fingerprint density at radius 2 is 1.97 bits per heavy atom. The van der Waals surface area contributed by atoms with Crippen molar-refractivity contribution in [1.82, 2.24) is 20.1 Å². The predicted octanol–water partition coefficient (Wildman–Crippen LogP) is 5.04. The molecule has 1 saturated carbocycles. The third-order valence-electron chi connectivity index (χ3n) is 5.27. The van der Waals surface area contributed by atoms with Crippen LogP contribution in [0.15, 0.2) is 48.8 Å². The van der Waals surface area contributed by atoms with Crippen molar-refractivity contribution in [3.63, 3.8) is 0 Å². The largest absolute Gasteiger partial charge is 0.495 e. The monoisotopic (exact) mass is 425 g/mol. The van der Waals surface area contributed by atoms with Gasteiger partial charge in [-0.2, -0.15) is 5.10 Å². The van der Waals surface area contributed by atoms with E-state index in [1.807, 2.05) is 18.2 Å². The summed E-state index contributed by atoms with van der Waals surface area (Å²) in [5, 5.41) is 11.0. The molecule has 1 aliphatic carbocycles. The summed E-state index contributed by atoms with van der Waals surface area (Å²) in [5.74, 6) is 0.542. The van der Waals surface area contributed by atoms with Crippen LogP contribution in [0.5, 0.6) is 5.75 Å². The average Bonchev–Trinajstić information content (AvgIpc) is 3.43. The molecule has 2 amide bonds. The summed E-state index contributed by atoms with van der Waals surface area (Å²) < 4.78 is 7.38. The van der Waals surface area contributed by atoms with Gasteiger partial charge in [-0.15, -0.1) is 0 Å². The van der Waals surface area contributed by atoms with E-state index in [1.54, 1.807) is 37.7 Å². The molecule has 30 heavy (non-hydrogen) atoms. The number of benzene rings is 1. The van der Waals surface area contributed by atoms with Crippen LogP contribution in [0.2, 0.25) is 5.02 Å². The third-order valence-corrected chi connectivity index (χ3v) is 5.51. The normalized spacial score (nSPS) is 13.9. The summed E-state index contributed by atoms with van der Waals surface area (Å²) in [4.78, 5) is 16.5. The molecular weight excluding hydrogens is 402 g/mol. The number of methoxy groups -OCH3 is 1. The summed E-state index contributed by atoms with van der Waals surface area (Å²) in [6.45, 7) is 0.312. The summed E-state index contributed by atoms with van der Waals surface area (Å²) in [6.07, 6.45) is 8.26. The van der Waals surface area contributed by atoms with E-state index in [0.717, 1.165) is 29.8 Å². The lowest BCUT2D eigenvalue weighted by atomic mass is 10.1. The zero-order chi connectivity index (χ0) is 20.9. The Balaban J connectivity index is 1.48. The Morgan fingerprint density at radius 1 is 1.20 bits per heavy atom. The maximum atomic E-state index is 12.4. The van der Waals surface area contributed by atoms with E-state index in [-0.39, 0.29) is 6.03 Å². The number of amides is 2. The first kappa shape index (κ1) is 20.2. The Hall–Kier alpha value is -3.06. The standard InChI is InChI=1S/C22H24ClN5O2/c1-30-21-7-6-16(23)12-19(21)26-22(29)25-14-17-13-20(15-8-10-24-11-9-15)28(27-17)18-4-2-3-5-18/h6-13,18H,2-5,14H2,1H3,(H2,25,26,29). The zero-order valence-electron chi connectivity index (χ0n) is 16.8. The van der Waals surface area contributed by atoms with Gasteiger partial charge in [-0.25, -0.2) is 4.79 Å². The minimum Gasteiger partial charge on any atom is -0.495 e. The molecular formula is C22H24ClN5O2. The second kappa shape index (κ2) is 9.17. The van der Waals surface area contributed by atoms with Gasteiger partial charge in [0.2, 0.25) is 0 Å². The maximum absolute atomic E-state index is 12.4. The Kier molecular flexibility index (Phi) is 6.18. The number of carbonyl (C=O) groups is 1. The zero-order valence-corrected chi connectivity index (χ0v) is 17.5. The Morgan fingerprint density at radius 3 is 2.70 bits per heavy atom. The summed E-state index contributed by atoms with van der Waals surface area (Å²) in [6, 6.07) is 11.1. The van der Waals surface area contributed by atoms with E-state index < -0.39 is 0 Å². The highest BCUT2D eigenvalue weighted by Gasteiger charge is 2.22. The number of halogens is 1. The second-order valence-corrected chi connectivity index (χ2v) is 7.73. The molecule has 8 heteroatoms. The SMILES string of the molecule is COc1ccc(Cl)cc1NC(=O)NCc1cc(-c2ccncc2)n(C2CCCC2)n1. The van der Waals surface area contributed by atoms with Crippen molar-refractivity contribution < 1.29 is 9.53 Å². The van der Waals surface area contributed by atoms with Gasteiger partial charge in [0.1, 0.15) is 5.75 Å². The highest BCUT2D eigenvalue weighted by Crippen LogP contribution is 2.33. The van der Waals surface area contributed by atoms with Crippen LogP contribution in [0.4, 0.5) is 10.5 Å². The molecule has 2 heterocycles. The number of nitrogens with one attached hydrogen (secondary N) is 2. The fraction of sp³-hybridized carbons (Fsp3) is 0.318. The smallest absolute Gasteiger partial charge is 0.319 e. The van der Waals surface area contributed by atoms with Gasteiger partial charge in [0.25, 0.3) is 0 Å². The van der Waals surface area contributed by atoms with Gasteiger partial charge in [0.05, 0.1) is 36.8 Å². The van der Waals surface area contributed by atoms with Gasteiger partial charge in [-0.1, -0.05) is 24.4 Å². The number of anilines is 1. The van der Waals surface area contributed by atoms with Crippen LogP contribution >= 0.6 is 11.6 Å². The molecule has 7 nitrogen and oxygen atoms in total. The molecule has 1 fully saturated rings. The number of urea groups is 1. The predicted molar refractivity (Wildman–Crippen MR) is 117 cm³/mol. The number of carbonyl (C=O) groups excluding carboxylic acids is 1. The van der Waals surface area contributed by atoms with Crippen LogP contribution < -0.4 is 15.4 Å². The van der Waals surface area contributed by atoms with E-state index in [4.69, 9.17) is 21.4 Å². The van der Waals surface area contributed by atoms with Gasteiger partial charge in [0, 0.05) is 23.0 Å². The molecule has 2 N–H and O–H groups in total. The average molecular weight is 426 g/mol. The van der Waals surface area contributed by atoms with Crippen LogP contribution in [-0.4, -0.2) is 27.9 Å². The van der Waals surface area contributed by atoms with Gasteiger partial charge in [-0.05, 0) is 49.2 Å². The van der Waals surface area contributed by atoms with E-state index in [9.17, 15) is 4.79 Å². The highest BCUT2D eigenvalue weighted by molar-refractivity contribution is 6.31. The van der Waals surface area contributed by atoms with E-state index in [2.05, 4.69) is 20.3 Å². The van der Waals surface area contributed by atoms with E-state index >= 15 is 0 Å². The number of nitrogens with zero attached hydrogens (tertiary/aromatic N) is 3. The van der Waals surface area contributed by atoms with E-state index in [0.29, 0.717) is 29.0 Å². The van der Waals surface area contributed by atoms with Crippen LogP contribution in [-0.2, 0) is 6.54 Å². The summed E-state index contributed by atoms with van der Waals surface area (Å²) >= 11 is 6.03. The molecule has 2 aromatic heterocycles. The van der Waals surface area contributed by atoms with Gasteiger partial charge >= 0.3 is 6.03 Å². The molecule has 0 atom stereocenters. The lowest BCUT2D eigenvalue weighted by molar-refractivity contribution is 0.251. The number of hydrogen-bond donors (Lipinski definition) is 2. The molecule has 1 aromatic carbocycles. The van der Waals surface area contributed by atoms with Gasteiger partial charge < -0.3 is 15.4 Å². The van der Waals surface area contributed by atoms with Crippen molar-refractivity contribution in [1.29, 1.82) is 0 Å². The lowest BCUT2D eigenvalue weighted by Crippen LogP contribution is -2.28. The lowest BCUT2D eigenvalue weighted by Gasteiger charge is -2.14. The molecule has 0 spiro atoms. The molecule has 3 aromatic rings. The minimum absolute atomic E-state index is 0.312. The number of hydrogen-bond acceptors (Lipinski definition) is 4. The number of aromatic nitrogens is 3. The first-order valence-corrected chi connectivity index (χ1v) is 10.4. The number of ether oxygens (including phenoxy) is 1. The number of pyridine rings is 1. The van der Waals surface area contributed by atoms with Crippen molar-refractivity contribution >= 4 is 23.3 Å². The maximum Gasteiger partial charge on any atom is 0.319 e. The van der Waals surface area contributed by atoms with Crippen LogP contribution in [0.3, 0.4) is 0 Å². The van der Waals surface area contributed by atoms with Gasteiger partial charge in [0.15, 0.2) is 0 Å². The quantitative estimate of drug-likeness (QED) is 0.579. The summed E-state index contributed by atoms with van der Waals surface area (Å²) in [7, 11) is 1.54. The van der Waals surface area contributed by atoms with E-state index in [1.165, 1.54) is 12.8 Å². The van der Waals surface area contributed by atoms with Crippen LogP contribution in [0.25, 0.3) is 11.3 Å². The fourth-order valence-corrected chi connectivity index (χ4v) is 3.98. The minimum atomic E-state index is -0.351. The molecule has 0 unspecified atom stereocenters. The van der Waals surface area contributed by atoms with Crippen LogP contribution in [0.1, 0.15) is 37.4 Å². The fourth-order valence-electron chi connectivity index (χ4n) is 3.81. The third kappa shape index (κ3) is 4.57. The van der Waals surface area contributed by atoms with Gasteiger partial charge in [-0.3, -0.25) is 9.67 Å². The Bertz CT molecular complexity index is 1020. The molecule has 156 valence electrons. The summed E-state index contributed by atoms with van der Waals surface area (Å²) in [5.41, 5.74) is 3.44. The number of rotatable bonds is 6. The first-order valence-electron chi connectivity index (χ1n) is 10.0. The highest BCUT2D eigenvalue weighted by atomic mass is 35.5. The van der Waals surface area contributed by atoms with Crippen molar-refractivity contribution in [2.24, 2.45) is 0 Å². The molecule has 0 radical (unpaired) electrons. The van der Waals surface area contributed by atoms with Crippen molar-refractivity contribution in [3.8, 4) is 17.0 Å². The van der Waals surface area contributed by atoms with Crippen molar-refractivity contribution in [3.05, 3.63) is 59.5 Å². The first-order chi connectivity index (χ1) is 14.6. The van der Waals surface area contributed by atoms with Crippen LogP contribution in [0, 0.1) is 0 Å². The Labute approximate surface area is 180 Å². The molecule has 1 aliphatic rings. The molecule has 0 saturated heterocycles. The molecule has 4 rings (SSSR count). The molecule has 0 bridgehead atoms. The van der Waals surface area contributed by atoms with Crippen molar-refractivity contribution in [2.45, 2.75) is 38.3 Å².